The number of hydrogen-bond acceptors (Lipinski definition) is 6. The minimum atomic E-state index is -0.337. The highest BCUT2D eigenvalue weighted by atomic mass is 32.2. The maximum Gasteiger partial charge on any atom is 0.330 e. The topological polar surface area (TPSA) is 83.9 Å². The molecule has 3 aromatic rings. The molecule has 1 aromatic carbocycles. The SMILES string of the molecule is CC(C)CCn1c(COc2ccccc2)nnc1SCc1cc(=O)n(C)c(=O)n1C. The molecular weight excluding hydrogens is 402 g/mol. The Morgan fingerprint density at radius 1 is 1.07 bits per heavy atom. The van der Waals surface area contributed by atoms with Crippen LogP contribution in [-0.2, 0) is 33.0 Å². The van der Waals surface area contributed by atoms with Gasteiger partial charge in [0, 0.05) is 38.2 Å². The first kappa shape index (κ1) is 21.9. The summed E-state index contributed by atoms with van der Waals surface area (Å²) >= 11 is 1.46. The van der Waals surface area contributed by atoms with Crippen molar-refractivity contribution in [3.05, 3.63) is 68.8 Å². The summed E-state index contributed by atoms with van der Waals surface area (Å²) in [6, 6.07) is 11.1. The molecule has 3 rings (SSSR count). The van der Waals surface area contributed by atoms with E-state index in [-0.39, 0.29) is 11.2 Å². The summed E-state index contributed by atoms with van der Waals surface area (Å²) in [6.07, 6.45) is 0.980. The molecular formula is C21H27N5O3S. The van der Waals surface area contributed by atoms with Crippen LogP contribution in [0.3, 0.4) is 0 Å². The van der Waals surface area contributed by atoms with E-state index in [1.54, 1.807) is 7.05 Å². The van der Waals surface area contributed by atoms with Crippen LogP contribution < -0.4 is 16.0 Å². The van der Waals surface area contributed by atoms with Crippen LogP contribution in [-0.4, -0.2) is 23.9 Å². The van der Waals surface area contributed by atoms with Gasteiger partial charge in [-0.05, 0) is 24.5 Å². The Morgan fingerprint density at radius 2 is 1.80 bits per heavy atom. The maximum absolute atomic E-state index is 12.2. The molecule has 0 atom stereocenters. The molecule has 0 saturated heterocycles. The summed E-state index contributed by atoms with van der Waals surface area (Å²) in [6.45, 7) is 5.44. The van der Waals surface area contributed by atoms with Crippen molar-refractivity contribution in [1.82, 2.24) is 23.9 Å². The van der Waals surface area contributed by atoms with Crippen molar-refractivity contribution < 1.29 is 4.74 Å². The maximum atomic E-state index is 12.2. The van der Waals surface area contributed by atoms with Crippen LogP contribution in [0.5, 0.6) is 5.75 Å². The van der Waals surface area contributed by atoms with Gasteiger partial charge in [-0.2, -0.15) is 0 Å². The van der Waals surface area contributed by atoms with Gasteiger partial charge in [0.15, 0.2) is 11.0 Å². The lowest BCUT2D eigenvalue weighted by atomic mass is 10.1. The number of benzene rings is 1. The molecule has 0 N–H and O–H groups in total. The minimum Gasteiger partial charge on any atom is -0.486 e. The van der Waals surface area contributed by atoms with E-state index in [1.807, 2.05) is 30.3 Å². The molecule has 30 heavy (non-hydrogen) atoms. The van der Waals surface area contributed by atoms with Gasteiger partial charge < -0.3 is 9.30 Å². The average Bonchev–Trinajstić information content (AvgIpc) is 3.13. The van der Waals surface area contributed by atoms with Gasteiger partial charge in [0.05, 0.1) is 0 Å². The summed E-state index contributed by atoms with van der Waals surface area (Å²) < 4.78 is 10.5. The zero-order valence-corrected chi connectivity index (χ0v) is 18.6. The van der Waals surface area contributed by atoms with Crippen LogP contribution in [0.1, 0.15) is 31.8 Å². The Hall–Kier alpha value is -2.81. The molecule has 0 amide bonds. The molecule has 0 unspecified atom stereocenters. The van der Waals surface area contributed by atoms with Crippen LogP contribution in [0.15, 0.2) is 51.1 Å². The van der Waals surface area contributed by atoms with Gasteiger partial charge in [-0.25, -0.2) is 4.79 Å². The first-order chi connectivity index (χ1) is 14.4. The molecule has 2 aromatic heterocycles. The second-order valence-electron chi connectivity index (χ2n) is 7.50. The van der Waals surface area contributed by atoms with Gasteiger partial charge in [-0.3, -0.25) is 13.9 Å². The molecule has 0 aliphatic carbocycles. The first-order valence-corrected chi connectivity index (χ1v) is 10.8. The van der Waals surface area contributed by atoms with Crippen LogP contribution in [0.4, 0.5) is 0 Å². The Bertz CT molecular complexity index is 1100. The predicted molar refractivity (Wildman–Crippen MR) is 117 cm³/mol. The van der Waals surface area contributed by atoms with Crippen molar-refractivity contribution in [3.8, 4) is 5.75 Å². The van der Waals surface area contributed by atoms with Crippen molar-refractivity contribution in [2.45, 2.75) is 44.3 Å². The van der Waals surface area contributed by atoms with Crippen LogP contribution >= 0.6 is 11.8 Å². The molecule has 0 aliphatic heterocycles. The number of aromatic nitrogens is 5. The molecule has 0 aliphatic rings. The zero-order chi connectivity index (χ0) is 21.7. The molecule has 8 nitrogen and oxygen atoms in total. The third kappa shape index (κ3) is 5.21. The molecule has 2 heterocycles. The van der Waals surface area contributed by atoms with Crippen molar-refractivity contribution in [1.29, 1.82) is 0 Å². The highest BCUT2D eigenvalue weighted by Gasteiger charge is 2.15. The fraction of sp³-hybridized carbons (Fsp3) is 0.429. The largest absolute Gasteiger partial charge is 0.486 e. The lowest BCUT2D eigenvalue weighted by Crippen LogP contribution is -2.37. The van der Waals surface area contributed by atoms with Crippen LogP contribution in [0.2, 0.25) is 0 Å². The number of para-hydroxylation sites is 1. The van der Waals surface area contributed by atoms with E-state index in [2.05, 4.69) is 28.6 Å². The van der Waals surface area contributed by atoms with E-state index < -0.39 is 0 Å². The summed E-state index contributed by atoms with van der Waals surface area (Å²) in [5.74, 6) is 2.51. The van der Waals surface area contributed by atoms with E-state index in [0.29, 0.717) is 24.0 Å². The van der Waals surface area contributed by atoms with E-state index >= 15 is 0 Å². The van der Waals surface area contributed by atoms with Crippen molar-refractivity contribution >= 4 is 11.8 Å². The fourth-order valence-electron chi connectivity index (χ4n) is 2.86. The van der Waals surface area contributed by atoms with E-state index in [0.717, 1.165) is 34.3 Å². The van der Waals surface area contributed by atoms with Crippen molar-refractivity contribution in [3.63, 3.8) is 0 Å². The summed E-state index contributed by atoms with van der Waals surface area (Å²) in [4.78, 5) is 24.1. The molecule has 0 radical (unpaired) electrons. The molecule has 0 fully saturated rings. The number of thioether (sulfide) groups is 1. The standard InChI is InChI=1S/C21H27N5O3S/c1-15(2)10-11-26-18(13-29-17-8-6-5-7-9-17)22-23-20(26)30-14-16-12-19(27)25(4)21(28)24(16)3/h5-9,12,15H,10-11,13-14H2,1-4H3. The van der Waals surface area contributed by atoms with Gasteiger partial charge in [0.1, 0.15) is 12.4 Å². The quantitative estimate of drug-likeness (QED) is 0.486. The minimum absolute atomic E-state index is 0.313. The predicted octanol–water partition coefficient (Wildman–Crippen LogP) is 2.59. The normalized spacial score (nSPS) is 11.2. The summed E-state index contributed by atoms with van der Waals surface area (Å²) in [5.41, 5.74) is -0.00292. The van der Waals surface area contributed by atoms with Crippen LogP contribution in [0.25, 0.3) is 0 Å². The van der Waals surface area contributed by atoms with Crippen molar-refractivity contribution in [2.75, 3.05) is 0 Å². The number of nitrogens with zero attached hydrogens (tertiary/aromatic N) is 5. The second-order valence-corrected chi connectivity index (χ2v) is 8.44. The Kier molecular flexibility index (Phi) is 7.15. The van der Waals surface area contributed by atoms with Gasteiger partial charge >= 0.3 is 5.69 Å². The lowest BCUT2D eigenvalue weighted by Gasteiger charge is -2.13. The lowest BCUT2D eigenvalue weighted by molar-refractivity contribution is 0.285. The Balaban J connectivity index is 1.79. The third-order valence-electron chi connectivity index (χ3n) is 4.81. The van der Waals surface area contributed by atoms with E-state index in [9.17, 15) is 9.59 Å². The first-order valence-electron chi connectivity index (χ1n) is 9.85. The number of ether oxygens (including phenoxy) is 1. The van der Waals surface area contributed by atoms with Gasteiger partial charge in [0.2, 0.25) is 0 Å². The Morgan fingerprint density at radius 3 is 2.50 bits per heavy atom. The molecule has 0 saturated carbocycles. The molecule has 9 heteroatoms. The monoisotopic (exact) mass is 429 g/mol. The summed E-state index contributed by atoms with van der Waals surface area (Å²) in [7, 11) is 3.14. The Labute approximate surface area is 179 Å². The highest BCUT2D eigenvalue weighted by Crippen LogP contribution is 2.23. The average molecular weight is 430 g/mol. The molecule has 0 spiro atoms. The van der Waals surface area contributed by atoms with Gasteiger partial charge in [-0.1, -0.05) is 43.8 Å². The third-order valence-corrected chi connectivity index (χ3v) is 5.81. The fourth-order valence-corrected chi connectivity index (χ4v) is 3.87. The smallest absolute Gasteiger partial charge is 0.330 e. The second kappa shape index (κ2) is 9.80. The molecule has 0 bridgehead atoms. The van der Waals surface area contributed by atoms with Crippen LogP contribution in [0, 0.1) is 5.92 Å². The van der Waals surface area contributed by atoms with Gasteiger partial charge in [-0.15, -0.1) is 10.2 Å². The highest BCUT2D eigenvalue weighted by molar-refractivity contribution is 7.98. The number of hydrogen-bond donors (Lipinski definition) is 0. The molecule has 160 valence electrons. The summed E-state index contributed by atoms with van der Waals surface area (Å²) in [5, 5.41) is 9.41. The van der Waals surface area contributed by atoms with E-state index in [1.165, 1.54) is 29.4 Å². The van der Waals surface area contributed by atoms with Crippen molar-refractivity contribution in [2.24, 2.45) is 20.0 Å². The number of rotatable bonds is 9. The van der Waals surface area contributed by atoms with Gasteiger partial charge in [0.25, 0.3) is 5.56 Å². The van der Waals surface area contributed by atoms with E-state index in [4.69, 9.17) is 4.74 Å². The zero-order valence-electron chi connectivity index (χ0n) is 17.7.